The molecule has 0 atom stereocenters. The second-order valence-electron chi connectivity index (χ2n) is 7.85. The molecule has 0 spiro atoms. The molecule has 0 fully saturated rings. The number of hydrogen-bond acceptors (Lipinski definition) is 5. The van der Waals surface area contributed by atoms with Gasteiger partial charge >= 0.3 is 0 Å². The SMILES string of the molecule is C=CCn1c(C)c(CC(=O)Nc2cc(Cl)ccc2OC)c(=O)n2nc(-c3ccc(C)cc3)nc12. The van der Waals surface area contributed by atoms with Crippen molar-refractivity contribution < 1.29 is 9.53 Å². The number of carbonyl (C=O) groups excluding carboxylic acids is 1. The number of fused-ring (bicyclic) bond motifs is 1. The van der Waals surface area contributed by atoms with Crippen molar-refractivity contribution in [3.8, 4) is 17.1 Å². The lowest BCUT2D eigenvalue weighted by Gasteiger charge is -2.14. The van der Waals surface area contributed by atoms with E-state index < -0.39 is 5.56 Å². The number of carbonyl (C=O) groups is 1. The van der Waals surface area contributed by atoms with Gasteiger partial charge < -0.3 is 14.6 Å². The lowest BCUT2D eigenvalue weighted by Crippen LogP contribution is -2.29. The molecule has 0 aliphatic rings. The van der Waals surface area contributed by atoms with Gasteiger partial charge in [-0.1, -0.05) is 47.5 Å². The summed E-state index contributed by atoms with van der Waals surface area (Å²) in [5.41, 5.74) is 2.86. The lowest BCUT2D eigenvalue weighted by molar-refractivity contribution is -0.115. The van der Waals surface area contributed by atoms with Gasteiger partial charge in [0.1, 0.15) is 5.75 Å². The molecule has 174 valence electrons. The van der Waals surface area contributed by atoms with E-state index in [1.54, 1.807) is 31.2 Å². The van der Waals surface area contributed by atoms with Crippen LogP contribution in [0.1, 0.15) is 16.8 Å². The van der Waals surface area contributed by atoms with Crippen LogP contribution in [0.15, 0.2) is 59.9 Å². The normalized spacial score (nSPS) is 10.9. The number of hydrogen-bond donors (Lipinski definition) is 1. The Labute approximate surface area is 201 Å². The minimum atomic E-state index is -0.396. The van der Waals surface area contributed by atoms with Crippen LogP contribution >= 0.6 is 11.6 Å². The Bertz CT molecular complexity index is 1450. The minimum absolute atomic E-state index is 0.160. The van der Waals surface area contributed by atoms with Gasteiger partial charge in [-0.05, 0) is 32.0 Å². The van der Waals surface area contributed by atoms with Crippen LogP contribution in [0.25, 0.3) is 17.2 Å². The average Bonchev–Trinajstić information content (AvgIpc) is 3.25. The Morgan fingerprint density at radius 1 is 1.21 bits per heavy atom. The molecule has 0 saturated carbocycles. The largest absolute Gasteiger partial charge is 0.495 e. The highest BCUT2D eigenvalue weighted by molar-refractivity contribution is 6.31. The van der Waals surface area contributed by atoms with Gasteiger partial charge in [-0.2, -0.15) is 9.50 Å². The number of aromatic nitrogens is 4. The molecule has 2 aromatic carbocycles. The fraction of sp³-hybridized carbons (Fsp3) is 0.200. The number of halogens is 1. The summed E-state index contributed by atoms with van der Waals surface area (Å²) >= 11 is 6.06. The molecule has 2 heterocycles. The number of benzene rings is 2. The molecule has 4 rings (SSSR count). The van der Waals surface area contributed by atoms with E-state index in [-0.39, 0.29) is 12.3 Å². The molecule has 9 heteroatoms. The first-order chi connectivity index (χ1) is 16.3. The Morgan fingerprint density at radius 2 is 1.94 bits per heavy atom. The average molecular weight is 478 g/mol. The first kappa shape index (κ1) is 23.3. The van der Waals surface area contributed by atoms with Crippen molar-refractivity contribution in [2.24, 2.45) is 0 Å². The number of ether oxygens (including phenoxy) is 1. The minimum Gasteiger partial charge on any atom is -0.495 e. The smallest absolute Gasteiger partial charge is 0.279 e. The highest BCUT2D eigenvalue weighted by atomic mass is 35.5. The van der Waals surface area contributed by atoms with Crippen molar-refractivity contribution in [1.82, 2.24) is 19.2 Å². The summed E-state index contributed by atoms with van der Waals surface area (Å²) < 4.78 is 8.35. The summed E-state index contributed by atoms with van der Waals surface area (Å²) in [4.78, 5) is 30.9. The number of rotatable bonds is 7. The van der Waals surface area contributed by atoms with Crippen molar-refractivity contribution in [2.45, 2.75) is 26.8 Å². The molecule has 0 aliphatic carbocycles. The Hall–Kier alpha value is -3.91. The van der Waals surface area contributed by atoms with Crippen LogP contribution < -0.4 is 15.6 Å². The zero-order valence-corrected chi connectivity index (χ0v) is 19.9. The van der Waals surface area contributed by atoms with Gasteiger partial charge in [-0.3, -0.25) is 9.59 Å². The van der Waals surface area contributed by atoms with E-state index in [9.17, 15) is 9.59 Å². The molecule has 0 aliphatic heterocycles. The standard InChI is InChI=1S/C25H24ClN5O3/c1-5-12-30-16(3)19(14-22(32)27-20-13-18(26)10-11-21(20)34-4)24(33)31-25(30)28-23(29-31)17-8-6-15(2)7-9-17/h5-11,13H,1,12,14H2,2-4H3,(H,27,32). The van der Waals surface area contributed by atoms with E-state index in [0.29, 0.717) is 45.9 Å². The molecule has 34 heavy (non-hydrogen) atoms. The maximum Gasteiger partial charge on any atom is 0.279 e. The van der Waals surface area contributed by atoms with Gasteiger partial charge in [0, 0.05) is 28.4 Å². The molecule has 0 saturated heterocycles. The summed E-state index contributed by atoms with van der Waals surface area (Å²) in [6.45, 7) is 7.99. The number of amides is 1. The second kappa shape index (κ2) is 9.52. The molecule has 1 amide bonds. The fourth-order valence-electron chi connectivity index (χ4n) is 3.72. The summed E-state index contributed by atoms with van der Waals surface area (Å²) in [5, 5.41) is 7.69. The molecule has 4 aromatic rings. The third-order valence-electron chi connectivity index (χ3n) is 5.52. The van der Waals surface area contributed by atoms with E-state index in [1.165, 1.54) is 11.6 Å². The third kappa shape index (κ3) is 4.45. The second-order valence-corrected chi connectivity index (χ2v) is 8.29. The lowest BCUT2D eigenvalue weighted by atomic mass is 10.1. The van der Waals surface area contributed by atoms with E-state index in [1.807, 2.05) is 35.8 Å². The number of nitrogens with one attached hydrogen (secondary N) is 1. The first-order valence-corrected chi connectivity index (χ1v) is 11.0. The molecule has 2 aromatic heterocycles. The summed E-state index contributed by atoms with van der Waals surface area (Å²) in [6.07, 6.45) is 1.55. The van der Waals surface area contributed by atoms with Crippen LogP contribution in [0.5, 0.6) is 5.75 Å². The number of allylic oxidation sites excluding steroid dienone is 1. The Morgan fingerprint density at radius 3 is 2.62 bits per heavy atom. The van der Waals surface area contributed by atoms with Crippen LogP contribution in [0.2, 0.25) is 5.02 Å². The fourth-order valence-corrected chi connectivity index (χ4v) is 3.89. The number of methoxy groups -OCH3 is 1. The van der Waals surface area contributed by atoms with Gasteiger partial charge in [0.05, 0.1) is 19.2 Å². The molecule has 8 nitrogen and oxygen atoms in total. The summed E-state index contributed by atoms with van der Waals surface area (Å²) in [6, 6.07) is 12.7. The van der Waals surface area contributed by atoms with Crippen molar-refractivity contribution in [3.63, 3.8) is 0 Å². The van der Waals surface area contributed by atoms with Gasteiger partial charge in [0.25, 0.3) is 5.56 Å². The predicted octanol–water partition coefficient (Wildman–Crippen LogP) is 4.20. The zero-order valence-electron chi connectivity index (χ0n) is 19.1. The summed E-state index contributed by atoms with van der Waals surface area (Å²) in [7, 11) is 1.50. The van der Waals surface area contributed by atoms with Gasteiger partial charge in [-0.15, -0.1) is 11.7 Å². The van der Waals surface area contributed by atoms with Crippen LogP contribution in [0.3, 0.4) is 0 Å². The molecule has 0 bridgehead atoms. The Balaban J connectivity index is 1.76. The maximum atomic E-state index is 13.4. The van der Waals surface area contributed by atoms with Gasteiger partial charge in [-0.25, -0.2) is 0 Å². The number of aryl methyl sites for hydroxylation is 1. The Kier molecular flexibility index (Phi) is 6.51. The molecule has 0 radical (unpaired) electrons. The molecular formula is C25H24ClN5O3. The quantitative estimate of drug-likeness (QED) is 0.403. The number of anilines is 1. The van der Waals surface area contributed by atoms with Crippen molar-refractivity contribution in [3.05, 3.63) is 87.3 Å². The maximum absolute atomic E-state index is 13.4. The van der Waals surface area contributed by atoms with Crippen LogP contribution in [-0.4, -0.2) is 32.2 Å². The van der Waals surface area contributed by atoms with Crippen molar-refractivity contribution >= 4 is 29.0 Å². The number of nitrogens with zero attached hydrogens (tertiary/aromatic N) is 4. The highest BCUT2D eigenvalue weighted by Crippen LogP contribution is 2.28. The molecule has 1 N–H and O–H groups in total. The highest BCUT2D eigenvalue weighted by Gasteiger charge is 2.20. The van der Waals surface area contributed by atoms with Crippen LogP contribution in [0, 0.1) is 13.8 Å². The molecular weight excluding hydrogens is 454 g/mol. The third-order valence-corrected chi connectivity index (χ3v) is 5.75. The topological polar surface area (TPSA) is 90.5 Å². The predicted molar refractivity (Wildman–Crippen MR) is 133 cm³/mol. The zero-order chi connectivity index (χ0) is 24.4. The van der Waals surface area contributed by atoms with E-state index >= 15 is 0 Å². The van der Waals surface area contributed by atoms with E-state index in [2.05, 4.69) is 22.0 Å². The van der Waals surface area contributed by atoms with Gasteiger partial charge in [0.2, 0.25) is 11.7 Å². The van der Waals surface area contributed by atoms with Crippen LogP contribution in [-0.2, 0) is 17.8 Å². The monoisotopic (exact) mass is 477 g/mol. The van der Waals surface area contributed by atoms with E-state index in [4.69, 9.17) is 16.3 Å². The van der Waals surface area contributed by atoms with E-state index in [0.717, 1.165) is 11.1 Å². The van der Waals surface area contributed by atoms with Crippen molar-refractivity contribution in [2.75, 3.05) is 12.4 Å². The summed E-state index contributed by atoms with van der Waals surface area (Å²) in [5.74, 6) is 0.898. The first-order valence-electron chi connectivity index (χ1n) is 10.6. The molecule has 0 unspecified atom stereocenters. The van der Waals surface area contributed by atoms with Crippen LogP contribution in [0.4, 0.5) is 5.69 Å². The van der Waals surface area contributed by atoms with Crippen molar-refractivity contribution in [1.29, 1.82) is 0 Å². The van der Waals surface area contributed by atoms with Gasteiger partial charge in [0.15, 0.2) is 5.82 Å².